The number of carbonyl (C=O) groups excluding carboxylic acids is 1. The molecule has 1 amide bonds. The van der Waals surface area contributed by atoms with Crippen LogP contribution in [0.5, 0.6) is 0 Å². The minimum Gasteiger partial charge on any atom is -0.376 e. The zero-order valence-corrected chi connectivity index (χ0v) is 12.1. The molecule has 0 unspecified atom stereocenters. The average molecular weight is 273 g/mol. The average Bonchev–Trinajstić information content (AvgIpc) is 2.89. The van der Waals surface area contributed by atoms with Crippen LogP contribution in [0.25, 0.3) is 0 Å². The van der Waals surface area contributed by atoms with Crippen molar-refractivity contribution in [2.45, 2.75) is 19.8 Å². The molecule has 0 atom stereocenters. The minimum absolute atomic E-state index is 0.155. The molecule has 0 aliphatic heterocycles. The number of rotatable bonds is 4. The van der Waals surface area contributed by atoms with Crippen LogP contribution >= 0.6 is 0 Å². The van der Waals surface area contributed by atoms with E-state index in [1.165, 1.54) is 0 Å². The highest BCUT2D eigenvalue weighted by Crippen LogP contribution is 2.23. The molecule has 1 aromatic carbocycles. The van der Waals surface area contributed by atoms with Crippen molar-refractivity contribution in [1.82, 2.24) is 15.2 Å². The van der Waals surface area contributed by atoms with Crippen molar-refractivity contribution in [2.75, 3.05) is 24.3 Å². The highest BCUT2D eigenvalue weighted by molar-refractivity contribution is 6.03. The molecule has 6 heteroatoms. The molecule has 0 spiro atoms. The number of carbonyl (C=O) groups is 1. The van der Waals surface area contributed by atoms with E-state index in [4.69, 9.17) is 0 Å². The van der Waals surface area contributed by atoms with Crippen molar-refractivity contribution in [2.24, 2.45) is 0 Å². The summed E-state index contributed by atoms with van der Waals surface area (Å²) in [6, 6.07) is 7.59. The van der Waals surface area contributed by atoms with Crippen molar-refractivity contribution in [3.05, 3.63) is 35.9 Å². The lowest BCUT2D eigenvalue weighted by Crippen LogP contribution is -2.17. The molecule has 1 aromatic heterocycles. The maximum Gasteiger partial charge on any atom is 0.295 e. The van der Waals surface area contributed by atoms with Gasteiger partial charge in [-0.3, -0.25) is 9.89 Å². The molecule has 2 rings (SSSR count). The summed E-state index contributed by atoms with van der Waals surface area (Å²) in [4.78, 5) is 18.3. The summed E-state index contributed by atoms with van der Waals surface area (Å²) in [7, 11) is 3.85. The third-order valence-electron chi connectivity index (χ3n) is 2.89. The van der Waals surface area contributed by atoms with Crippen LogP contribution in [0.1, 0.15) is 36.2 Å². The van der Waals surface area contributed by atoms with E-state index < -0.39 is 0 Å². The van der Waals surface area contributed by atoms with E-state index in [-0.39, 0.29) is 17.6 Å². The van der Waals surface area contributed by atoms with Crippen LogP contribution in [0, 0.1) is 0 Å². The van der Waals surface area contributed by atoms with Crippen LogP contribution in [-0.2, 0) is 0 Å². The molecule has 0 fully saturated rings. The van der Waals surface area contributed by atoms with Crippen molar-refractivity contribution < 1.29 is 4.79 Å². The van der Waals surface area contributed by atoms with E-state index in [0.29, 0.717) is 5.82 Å². The molecule has 2 aromatic rings. The van der Waals surface area contributed by atoms with Gasteiger partial charge in [0.2, 0.25) is 5.82 Å². The van der Waals surface area contributed by atoms with Crippen LogP contribution in [0.15, 0.2) is 24.3 Å². The first-order valence-electron chi connectivity index (χ1n) is 6.49. The van der Waals surface area contributed by atoms with E-state index >= 15 is 0 Å². The Morgan fingerprint density at radius 3 is 2.60 bits per heavy atom. The first-order valence-corrected chi connectivity index (χ1v) is 6.49. The number of para-hydroxylation sites is 2. The molecule has 0 bridgehead atoms. The highest BCUT2D eigenvalue weighted by Gasteiger charge is 2.15. The molecule has 0 aliphatic rings. The van der Waals surface area contributed by atoms with Crippen LogP contribution in [-0.4, -0.2) is 35.2 Å². The molecule has 2 N–H and O–H groups in total. The fourth-order valence-corrected chi connectivity index (χ4v) is 1.78. The molecule has 0 saturated carbocycles. The number of aromatic nitrogens is 3. The topological polar surface area (TPSA) is 73.9 Å². The lowest BCUT2D eigenvalue weighted by molar-refractivity contribution is 0.101. The van der Waals surface area contributed by atoms with E-state index in [1.807, 2.05) is 57.1 Å². The maximum atomic E-state index is 12.2. The molecule has 0 aliphatic carbocycles. The number of hydrogen-bond donors (Lipinski definition) is 2. The number of hydrogen-bond acceptors (Lipinski definition) is 4. The second-order valence-electron chi connectivity index (χ2n) is 5.06. The predicted molar refractivity (Wildman–Crippen MR) is 79.2 cm³/mol. The van der Waals surface area contributed by atoms with Crippen molar-refractivity contribution in [1.29, 1.82) is 0 Å². The SMILES string of the molecule is CC(C)c1nc(C(=O)Nc2ccccc2N(C)C)n[nH]1. The summed E-state index contributed by atoms with van der Waals surface area (Å²) in [6.07, 6.45) is 0. The van der Waals surface area contributed by atoms with Gasteiger partial charge < -0.3 is 10.2 Å². The Morgan fingerprint density at radius 1 is 1.30 bits per heavy atom. The molecular formula is C14H19N5O. The van der Waals surface area contributed by atoms with Crippen LogP contribution in [0.2, 0.25) is 0 Å². The van der Waals surface area contributed by atoms with Gasteiger partial charge in [-0.25, -0.2) is 4.98 Å². The molecule has 20 heavy (non-hydrogen) atoms. The van der Waals surface area contributed by atoms with E-state index in [1.54, 1.807) is 0 Å². The number of aromatic amines is 1. The standard InChI is InChI=1S/C14H19N5O/c1-9(2)12-16-13(18-17-12)14(20)15-10-7-5-6-8-11(10)19(3)4/h5-9H,1-4H3,(H,15,20)(H,16,17,18). The minimum atomic E-state index is -0.317. The Morgan fingerprint density at radius 2 is 2.00 bits per heavy atom. The summed E-state index contributed by atoms with van der Waals surface area (Å²) >= 11 is 0. The van der Waals surface area contributed by atoms with Crippen molar-refractivity contribution in [3.8, 4) is 0 Å². The Hall–Kier alpha value is -2.37. The highest BCUT2D eigenvalue weighted by atomic mass is 16.2. The lowest BCUT2D eigenvalue weighted by Gasteiger charge is -2.17. The number of nitrogens with zero attached hydrogens (tertiary/aromatic N) is 3. The van der Waals surface area contributed by atoms with Gasteiger partial charge in [-0.1, -0.05) is 26.0 Å². The summed E-state index contributed by atoms with van der Waals surface area (Å²) in [6.45, 7) is 3.98. The van der Waals surface area contributed by atoms with Gasteiger partial charge in [-0.05, 0) is 12.1 Å². The van der Waals surface area contributed by atoms with Crippen molar-refractivity contribution in [3.63, 3.8) is 0 Å². The zero-order valence-electron chi connectivity index (χ0n) is 12.1. The molecule has 0 radical (unpaired) electrons. The first-order chi connectivity index (χ1) is 9.49. The monoisotopic (exact) mass is 273 g/mol. The van der Waals surface area contributed by atoms with Gasteiger partial charge in [0.05, 0.1) is 11.4 Å². The number of H-pyrrole nitrogens is 1. The largest absolute Gasteiger partial charge is 0.376 e. The third-order valence-corrected chi connectivity index (χ3v) is 2.89. The van der Waals surface area contributed by atoms with E-state index in [2.05, 4.69) is 20.5 Å². The molecule has 106 valence electrons. The molecule has 1 heterocycles. The van der Waals surface area contributed by atoms with Gasteiger partial charge in [-0.2, -0.15) is 0 Å². The predicted octanol–water partition coefficient (Wildman–Crippen LogP) is 2.25. The second-order valence-corrected chi connectivity index (χ2v) is 5.06. The summed E-state index contributed by atoms with van der Waals surface area (Å²) in [5.74, 6) is 0.749. The summed E-state index contributed by atoms with van der Waals surface area (Å²) in [5, 5.41) is 9.56. The summed E-state index contributed by atoms with van der Waals surface area (Å²) < 4.78 is 0. The first kappa shape index (κ1) is 14.0. The van der Waals surface area contributed by atoms with E-state index in [9.17, 15) is 4.79 Å². The quantitative estimate of drug-likeness (QED) is 0.896. The van der Waals surface area contributed by atoms with Gasteiger partial charge in [0, 0.05) is 20.0 Å². The third kappa shape index (κ3) is 2.96. The smallest absolute Gasteiger partial charge is 0.295 e. The fraction of sp³-hybridized carbons (Fsp3) is 0.357. The van der Waals surface area contributed by atoms with Crippen LogP contribution in [0.4, 0.5) is 11.4 Å². The van der Waals surface area contributed by atoms with Gasteiger partial charge >= 0.3 is 0 Å². The Labute approximate surface area is 118 Å². The Balaban J connectivity index is 2.19. The molecule has 6 nitrogen and oxygen atoms in total. The van der Waals surface area contributed by atoms with Crippen LogP contribution < -0.4 is 10.2 Å². The second kappa shape index (κ2) is 5.73. The normalized spacial score (nSPS) is 10.7. The molecular weight excluding hydrogens is 254 g/mol. The molecule has 0 saturated heterocycles. The number of benzene rings is 1. The van der Waals surface area contributed by atoms with Gasteiger partial charge in [-0.15, -0.1) is 5.10 Å². The number of amides is 1. The summed E-state index contributed by atoms with van der Waals surface area (Å²) in [5.41, 5.74) is 1.67. The van der Waals surface area contributed by atoms with Crippen LogP contribution in [0.3, 0.4) is 0 Å². The van der Waals surface area contributed by atoms with Gasteiger partial charge in [0.1, 0.15) is 5.82 Å². The Bertz CT molecular complexity index is 603. The number of nitrogens with one attached hydrogen (secondary N) is 2. The van der Waals surface area contributed by atoms with E-state index in [0.717, 1.165) is 11.4 Å². The Kier molecular flexibility index (Phi) is 4.02. The fourth-order valence-electron chi connectivity index (χ4n) is 1.78. The zero-order chi connectivity index (χ0) is 14.7. The number of anilines is 2. The van der Waals surface area contributed by atoms with Gasteiger partial charge in [0.15, 0.2) is 0 Å². The maximum absolute atomic E-state index is 12.2. The van der Waals surface area contributed by atoms with Gasteiger partial charge in [0.25, 0.3) is 5.91 Å². The lowest BCUT2D eigenvalue weighted by atomic mass is 10.2. The van der Waals surface area contributed by atoms with Crippen molar-refractivity contribution >= 4 is 17.3 Å².